The van der Waals surface area contributed by atoms with E-state index in [1.165, 1.54) is 4.90 Å². The molecule has 2 aromatic carbocycles. The Hall–Kier alpha value is -0.780. The van der Waals surface area contributed by atoms with E-state index in [1.54, 1.807) is 17.8 Å². The Bertz CT molecular complexity index is 599. The van der Waals surface area contributed by atoms with Crippen LogP contribution in [0.5, 0.6) is 0 Å². The minimum absolute atomic E-state index is 0.134. The van der Waals surface area contributed by atoms with Crippen LogP contribution in [0, 0.1) is 0 Å². The second kappa shape index (κ2) is 6.59. The highest BCUT2D eigenvalue weighted by Crippen LogP contribution is 2.23. The van der Waals surface area contributed by atoms with Crippen molar-refractivity contribution in [2.75, 3.05) is 11.6 Å². The molecule has 0 unspecified atom stereocenters. The quantitative estimate of drug-likeness (QED) is 0.718. The van der Waals surface area contributed by atoms with Crippen LogP contribution in [0.2, 0.25) is 0 Å². The maximum Gasteiger partial charge on any atom is 0.256 e. The zero-order valence-electron chi connectivity index (χ0n) is 10.1. The summed E-state index contributed by atoms with van der Waals surface area (Å²) >= 11 is 8.42. The number of carbonyl (C=O) groups is 1. The first-order chi connectivity index (χ1) is 9.10. The van der Waals surface area contributed by atoms with Crippen LogP contribution in [-0.4, -0.2) is 12.2 Å². The molecule has 19 heavy (non-hydrogen) atoms. The molecule has 1 amide bonds. The largest absolute Gasteiger partial charge is 0.322 e. The summed E-state index contributed by atoms with van der Waals surface area (Å²) in [5, 5.41) is 2.88. The third-order valence-electron chi connectivity index (χ3n) is 2.52. The fraction of sp³-hybridized carbons (Fsp3) is 0.0714. The molecule has 2 rings (SSSR count). The Kier molecular flexibility index (Phi) is 5.07. The molecule has 0 bridgehead atoms. The lowest BCUT2D eigenvalue weighted by Gasteiger charge is -2.08. The van der Waals surface area contributed by atoms with Crippen molar-refractivity contribution in [2.45, 2.75) is 4.90 Å². The second-order valence-electron chi connectivity index (χ2n) is 3.81. The molecule has 5 heteroatoms. The number of amides is 1. The van der Waals surface area contributed by atoms with Gasteiger partial charge in [-0.3, -0.25) is 4.79 Å². The third-order valence-corrected chi connectivity index (χ3v) is 4.45. The summed E-state index contributed by atoms with van der Waals surface area (Å²) < 4.78 is 1.65. The molecular weight excluding hydrogens is 390 g/mol. The van der Waals surface area contributed by atoms with Gasteiger partial charge in [-0.05, 0) is 64.7 Å². The highest BCUT2D eigenvalue weighted by Gasteiger charge is 2.10. The Morgan fingerprint density at radius 1 is 1.11 bits per heavy atom. The molecule has 1 N–H and O–H groups in total. The van der Waals surface area contributed by atoms with Gasteiger partial charge in [0.05, 0.1) is 5.56 Å². The maximum atomic E-state index is 12.2. The monoisotopic (exact) mass is 399 g/mol. The number of anilines is 1. The first-order valence-corrected chi connectivity index (χ1v) is 8.31. The van der Waals surface area contributed by atoms with Crippen LogP contribution in [0.1, 0.15) is 10.4 Å². The third kappa shape index (κ3) is 3.84. The summed E-state index contributed by atoms with van der Waals surface area (Å²) in [6, 6.07) is 13.3. The lowest BCUT2D eigenvalue weighted by Crippen LogP contribution is -2.12. The van der Waals surface area contributed by atoms with Gasteiger partial charge < -0.3 is 5.32 Å². The summed E-state index contributed by atoms with van der Waals surface area (Å²) in [4.78, 5) is 13.3. The number of halogens is 2. The number of rotatable bonds is 3. The second-order valence-corrected chi connectivity index (χ2v) is 6.46. The summed E-state index contributed by atoms with van der Waals surface area (Å²) in [6.45, 7) is 0. The number of benzene rings is 2. The molecule has 0 aliphatic heterocycles. The van der Waals surface area contributed by atoms with E-state index >= 15 is 0 Å². The van der Waals surface area contributed by atoms with E-state index in [0.717, 1.165) is 14.6 Å². The predicted molar refractivity (Wildman–Crippen MR) is 88.0 cm³/mol. The van der Waals surface area contributed by atoms with Gasteiger partial charge >= 0.3 is 0 Å². The van der Waals surface area contributed by atoms with Gasteiger partial charge in [0.1, 0.15) is 0 Å². The molecule has 0 spiro atoms. The van der Waals surface area contributed by atoms with Gasteiger partial charge in [0.15, 0.2) is 0 Å². The predicted octanol–water partition coefficient (Wildman–Crippen LogP) is 5.19. The first kappa shape index (κ1) is 14.6. The summed E-state index contributed by atoms with van der Waals surface area (Å²) in [7, 11) is 0. The van der Waals surface area contributed by atoms with Crippen molar-refractivity contribution in [1.29, 1.82) is 0 Å². The molecule has 0 aliphatic carbocycles. The standard InChI is InChI=1S/C14H11Br2NOS/c1-19-11-5-3-10(4-6-11)17-14(18)12-8-9(15)2-7-13(12)16/h2-8H,1H3,(H,17,18). The topological polar surface area (TPSA) is 29.1 Å². The van der Waals surface area contributed by atoms with Gasteiger partial charge in [-0.2, -0.15) is 0 Å². The van der Waals surface area contributed by atoms with E-state index in [2.05, 4.69) is 37.2 Å². The zero-order chi connectivity index (χ0) is 13.8. The van der Waals surface area contributed by atoms with Crippen LogP contribution in [0.15, 0.2) is 56.3 Å². The van der Waals surface area contributed by atoms with Gasteiger partial charge in [0, 0.05) is 19.5 Å². The summed E-state index contributed by atoms with van der Waals surface area (Å²) in [5.74, 6) is -0.134. The van der Waals surface area contributed by atoms with Crippen LogP contribution in [-0.2, 0) is 0 Å². The van der Waals surface area contributed by atoms with E-state index in [1.807, 2.05) is 42.7 Å². The summed E-state index contributed by atoms with van der Waals surface area (Å²) in [5.41, 5.74) is 1.39. The molecule has 0 fully saturated rings. The molecule has 0 atom stereocenters. The van der Waals surface area contributed by atoms with Gasteiger partial charge in [-0.15, -0.1) is 11.8 Å². The molecule has 2 nitrogen and oxygen atoms in total. The van der Waals surface area contributed by atoms with Crippen molar-refractivity contribution in [3.8, 4) is 0 Å². The molecule has 2 aromatic rings. The Morgan fingerprint density at radius 2 is 1.79 bits per heavy atom. The summed E-state index contributed by atoms with van der Waals surface area (Å²) in [6.07, 6.45) is 2.02. The number of hydrogen-bond donors (Lipinski definition) is 1. The van der Waals surface area contributed by atoms with E-state index in [9.17, 15) is 4.79 Å². The van der Waals surface area contributed by atoms with Crippen molar-refractivity contribution in [1.82, 2.24) is 0 Å². The zero-order valence-corrected chi connectivity index (χ0v) is 14.1. The van der Waals surface area contributed by atoms with Crippen molar-refractivity contribution < 1.29 is 4.79 Å². The number of nitrogens with one attached hydrogen (secondary N) is 1. The molecule has 0 saturated heterocycles. The minimum atomic E-state index is -0.134. The van der Waals surface area contributed by atoms with Crippen molar-refractivity contribution in [3.05, 3.63) is 57.0 Å². The van der Waals surface area contributed by atoms with Crippen LogP contribution < -0.4 is 5.32 Å². The average Bonchev–Trinajstić information content (AvgIpc) is 2.42. The van der Waals surface area contributed by atoms with Crippen LogP contribution >= 0.6 is 43.6 Å². The van der Waals surface area contributed by atoms with Gasteiger partial charge in [0.2, 0.25) is 0 Å². The van der Waals surface area contributed by atoms with Crippen molar-refractivity contribution in [3.63, 3.8) is 0 Å². The highest BCUT2D eigenvalue weighted by molar-refractivity contribution is 9.11. The number of carbonyl (C=O) groups excluding carboxylic acids is 1. The first-order valence-electron chi connectivity index (χ1n) is 5.50. The van der Waals surface area contributed by atoms with Crippen LogP contribution in [0.4, 0.5) is 5.69 Å². The Balaban J connectivity index is 2.18. The molecular formula is C14H11Br2NOS. The van der Waals surface area contributed by atoms with Gasteiger partial charge in [-0.1, -0.05) is 15.9 Å². The van der Waals surface area contributed by atoms with Crippen LogP contribution in [0.25, 0.3) is 0 Å². The van der Waals surface area contributed by atoms with Gasteiger partial charge in [-0.25, -0.2) is 0 Å². The minimum Gasteiger partial charge on any atom is -0.322 e. The van der Waals surface area contributed by atoms with E-state index in [-0.39, 0.29) is 5.91 Å². The van der Waals surface area contributed by atoms with Crippen molar-refractivity contribution >= 4 is 55.2 Å². The fourth-order valence-corrected chi connectivity index (χ4v) is 2.74. The average molecular weight is 401 g/mol. The Morgan fingerprint density at radius 3 is 2.42 bits per heavy atom. The molecule has 0 aromatic heterocycles. The molecule has 98 valence electrons. The molecule has 0 aliphatic rings. The molecule has 0 saturated carbocycles. The maximum absolute atomic E-state index is 12.2. The number of hydrogen-bond acceptors (Lipinski definition) is 2. The lowest BCUT2D eigenvalue weighted by atomic mass is 10.2. The number of thioether (sulfide) groups is 1. The van der Waals surface area contributed by atoms with Gasteiger partial charge in [0.25, 0.3) is 5.91 Å². The SMILES string of the molecule is CSc1ccc(NC(=O)c2cc(Br)ccc2Br)cc1. The fourth-order valence-electron chi connectivity index (χ4n) is 1.54. The van der Waals surface area contributed by atoms with E-state index in [4.69, 9.17) is 0 Å². The van der Waals surface area contributed by atoms with Crippen molar-refractivity contribution in [2.24, 2.45) is 0 Å². The smallest absolute Gasteiger partial charge is 0.256 e. The Labute approximate surface area is 133 Å². The van der Waals surface area contributed by atoms with Crippen LogP contribution in [0.3, 0.4) is 0 Å². The molecule has 0 heterocycles. The van der Waals surface area contributed by atoms with E-state index in [0.29, 0.717) is 5.56 Å². The molecule has 0 radical (unpaired) electrons. The highest BCUT2D eigenvalue weighted by atomic mass is 79.9. The lowest BCUT2D eigenvalue weighted by molar-refractivity contribution is 0.102. The van der Waals surface area contributed by atoms with E-state index < -0.39 is 0 Å². The normalized spacial score (nSPS) is 10.3.